The third-order valence-electron chi connectivity index (χ3n) is 0.908. The van der Waals surface area contributed by atoms with Crippen molar-refractivity contribution in [3.05, 3.63) is 6.42 Å². The van der Waals surface area contributed by atoms with Gasteiger partial charge in [0.05, 0.1) is 6.26 Å². The van der Waals surface area contributed by atoms with Crippen LogP contribution in [0.25, 0.3) is 0 Å². The number of rotatable bonds is 5. The predicted octanol–water partition coefficient (Wildman–Crippen LogP) is 0.964. The summed E-state index contributed by atoms with van der Waals surface area (Å²) < 4.78 is 25.2. The van der Waals surface area contributed by atoms with E-state index in [1.807, 2.05) is 13.3 Å². The summed E-state index contributed by atoms with van der Waals surface area (Å²) in [7, 11) is -3.22. The van der Waals surface area contributed by atoms with Gasteiger partial charge in [0.2, 0.25) is 0 Å². The second kappa shape index (κ2) is 7.09. The smallest absolute Gasteiger partial charge is 0.327 e. The Hall–Kier alpha value is 0.416. The Labute approximate surface area is 78.8 Å². The van der Waals surface area contributed by atoms with Gasteiger partial charge in [-0.25, -0.2) is 0 Å². The van der Waals surface area contributed by atoms with Gasteiger partial charge in [-0.1, -0.05) is 6.92 Å². The summed E-state index contributed by atoms with van der Waals surface area (Å²) in [5.41, 5.74) is 0. The van der Waals surface area contributed by atoms with E-state index in [9.17, 15) is 8.42 Å². The summed E-state index contributed by atoms with van der Waals surface area (Å²) in [6.45, 7) is 2.27. The fourth-order valence-electron chi connectivity index (χ4n) is 0.487. The summed E-state index contributed by atoms with van der Waals surface area (Å²) in [4.78, 5) is 0. The number of hydrogen-bond acceptors (Lipinski definition) is 3. The van der Waals surface area contributed by atoms with Gasteiger partial charge in [-0.2, -0.15) is 21.3 Å². The average Bonchev–Trinajstić information content (AvgIpc) is 1.78. The van der Waals surface area contributed by atoms with E-state index in [0.29, 0.717) is 6.42 Å². The van der Waals surface area contributed by atoms with Gasteiger partial charge in [0.1, 0.15) is 0 Å². The van der Waals surface area contributed by atoms with E-state index >= 15 is 0 Å². The minimum atomic E-state index is -3.22. The number of hydrogen-bond donors (Lipinski definition) is 0. The van der Waals surface area contributed by atoms with E-state index in [1.165, 1.54) is 0 Å². The average molecular weight is 224 g/mol. The summed E-state index contributed by atoms with van der Waals surface area (Å²) in [6.07, 6.45) is 4.68. The van der Waals surface area contributed by atoms with Crippen molar-refractivity contribution in [3.63, 3.8) is 0 Å². The van der Waals surface area contributed by atoms with E-state index in [4.69, 9.17) is 0 Å². The Bertz CT molecular complexity index is 165. The van der Waals surface area contributed by atoms with E-state index in [-0.39, 0.29) is 23.4 Å². The zero-order valence-corrected chi connectivity index (χ0v) is 8.52. The molecular formula is C6H13CoO3S+. The van der Waals surface area contributed by atoms with E-state index in [0.717, 1.165) is 12.7 Å². The van der Waals surface area contributed by atoms with Crippen LogP contribution in [0.15, 0.2) is 0 Å². The first-order chi connectivity index (χ1) is 4.56. The molecule has 0 bridgehead atoms. The van der Waals surface area contributed by atoms with Gasteiger partial charge >= 0.3 is 16.8 Å². The molecule has 0 rings (SSSR count). The molecule has 0 heterocycles. The normalized spacial score (nSPS) is 10.7. The third-order valence-corrected chi connectivity index (χ3v) is 1.50. The summed E-state index contributed by atoms with van der Waals surface area (Å²) in [5.74, 6) is 0. The molecule has 0 aliphatic heterocycles. The molecule has 0 saturated heterocycles. The molecule has 0 aliphatic rings. The van der Waals surface area contributed by atoms with Crippen molar-refractivity contribution in [2.75, 3.05) is 12.9 Å². The molecule has 0 amide bonds. The van der Waals surface area contributed by atoms with Crippen LogP contribution in [0.3, 0.4) is 0 Å². The van der Waals surface area contributed by atoms with Crippen LogP contribution >= 0.6 is 0 Å². The Kier molecular flexibility index (Phi) is 9.00. The maximum Gasteiger partial charge on any atom is 2.00 e. The van der Waals surface area contributed by atoms with Gasteiger partial charge in [-0.3, -0.25) is 4.18 Å². The van der Waals surface area contributed by atoms with E-state index in [2.05, 4.69) is 4.18 Å². The van der Waals surface area contributed by atoms with Crippen LogP contribution in [0.2, 0.25) is 0 Å². The standard InChI is InChI=1S/C6H13O3S.Co/c1-3-4-5-6-9-10(2,7)8;/h4H,3,5-6H2,1-2H3;/q-1;+2. The molecule has 0 fully saturated rings. The van der Waals surface area contributed by atoms with Crippen LogP contribution in [-0.2, 0) is 31.1 Å². The zero-order valence-electron chi connectivity index (χ0n) is 6.66. The minimum absolute atomic E-state index is 0. The quantitative estimate of drug-likeness (QED) is 0.397. The third kappa shape index (κ3) is 13.4. The molecule has 0 aliphatic carbocycles. The summed E-state index contributed by atoms with van der Waals surface area (Å²) >= 11 is 0. The minimum Gasteiger partial charge on any atom is -0.327 e. The SMILES string of the molecule is CC[CH-]CCOS(C)(=O)=O.[Co+2]. The molecule has 11 heavy (non-hydrogen) atoms. The molecule has 69 valence electrons. The molecule has 0 N–H and O–H groups in total. The largest absolute Gasteiger partial charge is 2.00 e. The molecule has 0 unspecified atom stereocenters. The van der Waals surface area contributed by atoms with Gasteiger partial charge < -0.3 is 6.42 Å². The van der Waals surface area contributed by atoms with Crippen LogP contribution in [0, 0.1) is 6.42 Å². The molecular weight excluding hydrogens is 211 g/mol. The second-order valence-corrected chi connectivity index (χ2v) is 3.66. The monoisotopic (exact) mass is 224 g/mol. The van der Waals surface area contributed by atoms with Crippen LogP contribution in [0.4, 0.5) is 0 Å². The first kappa shape index (κ1) is 14.0. The molecule has 0 aromatic heterocycles. The van der Waals surface area contributed by atoms with E-state index in [1.54, 1.807) is 0 Å². The molecule has 1 radical (unpaired) electrons. The van der Waals surface area contributed by atoms with Crippen molar-refractivity contribution >= 4 is 10.1 Å². The van der Waals surface area contributed by atoms with Gasteiger partial charge in [-0.15, -0.1) is 0 Å². The predicted molar refractivity (Wildman–Crippen MR) is 40.0 cm³/mol. The van der Waals surface area contributed by atoms with Crippen molar-refractivity contribution in [2.24, 2.45) is 0 Å². The molecule has 0 spiro atoms. The molecule has 3 nitrogen and oxygen atoms in total. The number of unbranched alkanes of at least 4 members (excludes halogenated alkanes) is 2. The van der Waals surface area contributed by atoms with Crippen LogP contribution in [0.5, 0.6) is 0 Å². The van der Waals surface area contributed by atoms with Crippen LogP contribution in [0.1, 0.15) is 19.8 Å². The Balaban J connectivity index is 0. The maximum absolute atomic E-state index is 10.4. The summed E-state index contributed by atoms with van der Waals surface area (Å²) in [5, 5.41) is 0. The molecule has 0 atom stereocenters. The Morgan fingerprint density at radius 2 is 2.00 bits per heavy atom. The Morgan fingerprint density at radius 1 is 1.45 bits per heavy atom. The molecule has 0 aromatic carbocycles. The first-order valence-electron chi connectivity index (χ1n) is 3.22. The van der Waals surface area contributed by atoms with Gasteiger partial charge in [0.25, 0.3) is 10.1 Å². The Morgan fingerprint density at radius 3 is 2.36 bits per heavy atom. The van der Waals surface area contributed by atoms with Crippen molar-refractivity contribution in [1.82, 2.24) is 0 Å². The fraction of sp³-hybridized carbons (Fsp3) is 0.833. The van der Waals surface area contributed by atoms with Crippen molar-refractivity contribution in [3.8, 4) is 0 Å². The van der Waals surface area contributed by atoms with Gasteiger partial charge in [-0.05, 0) is 0 Å². The summed E-state index contributed by atoms with van der Waals surface area (Å²) in [6, 6.07) is 0. The van der Waals surface area contributed by atoms with Gasteiger partial charge in [0.15, 0.2) is 0 Å². The molecule has 0 saturated carbocycles. The van der Waals surface area contributed by atoms with Crippen molar-refractivity contribution in [1.29, 1.82) is 0 Å². The molecule has 0 aromatic rings. The second-order valence-electron chi connectivity index (χ2n) is 2.01. The van der Waals surface area contributed by atoms with Crippen LogP contribution in [-0.4, -0.2) is 21.3 Å². The van der Waals surface area contributed by atoms with Crippen molar-refractivity contribution < 1.29 is 29.4 Å². The first-order valence-corrected chi connectivity index (χ1v) is 5.04. The topological polar surface area (TPSA) is 43.4 Å². The van der Waals surface area contributed by atoms with Crippen LogP contribution < -0.4 is 0 Å². The van der Waals surface area contributed by atoms with Gasteiger partial charge in [0, 0.05) is 6.61 Å². The fourth-order valence-corrected chi connectivity index (χ4v) is 0.886. The van der Waals surface area contributed by atoms with E-state index < -0.39 is 10.1 Å². The molecule has 5 heteroatoms. The maximum atomic E-state index is 10.4. The van der Waals surface area contributed by atoms with Crippen molar-refractivity contribution in [2.45, 2.75) is 19.8 Å². The zero-order chi connectivity index (χ0) is 8.04.